The van der Waals surface area contributed by atoms with Gasteiger partial charge in [0.1, 0.15) is 5.82 Å². The highest BCUT2D eigenvalue weighted by Crippen LogP contribution is 2.22. The van der Waals surface area contributed by atoms with E-state index in [0.717, 1.165) is 6.07 Å². The van der Waals surface area contributed by atoms with E-state index in [0.29, 0.717) is 4.96 Å². The second-order valence-corrected chi connectivity index (χ2v) is 6.08. The number of thiazole rings is 1. The molecule has 0 radical (unpaired) electrons. The number of benzene rings is 1. The van der Waals surface area contributed by atoms with Crippen LogP contribution in [-0.4, -0.2) is 27.4 Å². The number of aromatic nitrogens is 2. The molecule has 2 aromatic heterocycles. The summed E-state index contributed by atoms with van der Waals surface area (Å²) in [7, 11) is 0. The van der Waals surface area contributed by atoms with E-state index in [2.05, 4.69) is 10.3 Å². The maximum atomic E-state index is 13.1. The smallest absolute Gasteiger partial charge is 0.359 e. The van der Waals surface area contributed by atoms with Gasteiger partial charge in [0.25, 0.3) is 5.91 Å². The van der Waals surface area contributed by atoms with Crippen LogP contribution >= 0.6 is 22.9 Å². The monoisotopic (exact) mass is 367 g/mol. The first-order valence-corrected chi connectivity index (χ1v) is 8.10. The molecule has 1 atom stereocenters. The molecule has 1 N–H and O–H groups in total. The topological polar surface area (TPSA) is 72.7 Å². The third-order valence-electron chi connectivity index (χ3n) is 3.16. The van der Waals surface area contributed by atoms with Gasteiger partial charge in [-0.15, -0.1) is 11.3 Å². The first-order valence-electron chi connectivity index (χ1n) is 6.84. The van der Waals surface area contributed by atoms with Gasteiger partial charge in [0.15, 0.2) is 21.9 Å². The minimum atomic E-state index is -1.10. The summed E-state index contributed by atoms with van der Waals surface area (Å²) in [5, 5.41) is 4.22. The van der Waals surface area contributed by atoms with Crippen LogP contribution in [-0.2, 0) is 9.53 Å². The zero-order valence-corrected chi connectivity index (χ0v) is 13.9. The Labute approximate surface area is 144 Å². The maximum Gasteiger partial charge on any atom is 0.359 e. The number of imidazole rings is 1. The van der Waals surface area contributed by atoms with Crippen LogP contribution in [0.4, 0.5) is 10.1 Å². The molecule has 0 saturated heterocycles. The molecular formula is C15H11ClFN3O3S. The molecule has 124 valence electrons. The molecule has 0 fully saturated rings. The van der Waals surface area contributed by atoms with Crippen LogP contribution in [0.25, 0.3) is 4.96 Å². The molecule has 6 nitrogen and oxygen atoms in total. The zero-order valence-electron chi connectivity index (χ0n) is 12.3. The number of anilines is 1. The number of ether oxygens (including phenoxy) is 1. The highest BCUT2D eigenvalue weighted by Gasteiger charge is 2.25. The van der Waals surface area contributed by atoms with Gasteiger partial charge in [0, 0.05) is 17.3 Å². The Morgan fingerprint density at radius 3 is 3.00 bits per heavy atom. The summed E-state index contributed by atoms with van der Waals surface area (Å²) in [4.78, 5) is 28.9. The van der Waals surface area contributed by atoms with Crippen molar-refractivity contribution in [1.82, 2.24) is 9.38 Å². The second kappa shape index (κ2) is 6.58. The van der Waals surface area contributed by atoms with Gasteiger partial charge in [-0.1, -0.05) is 17.7 Å². The van der Waals surface area contributed by atoms with E-state index in [1.165, 1.54) is 40.9 Å². The van der Waals surface area contributed by atoms with Crippen LogP contribution in [0.2, 0.25) is 5.15 Å². The summed E-state index contributed by atoms with van der Waals surface area (Å²) < 4.78 is 19.7. The van der Waals surface area contributed by atoms with Crippen LogP contribution in [0, 0.1) is 5.82 Å². The van der Waals surface area contributed by atoms with Gasteiger partial charge >= 0.3 is 5.97 Å². The summed E-state index contributed by atoms with van der Waals surface area (Å²) in [5.74, 6) is -1.84. The van der Waals surface area contributed by atoms with E-state index in [1.54, 1.807) is 11.6 Å². The van der Waals surface area contributed by atoms with Crippen LogP contribution in [0.1, 0.15) is 17.4 Å². The molecule has 3 rings (SSSR count). The number of esters is 1. The molecule has 1 aromatic carbocycles. The molecular weight excluding hydrogens is 357 g/mol. The van der Waals surface area contributed by atoms with Gasteiger partial charge in [0.05, 0.1) is 0 Å². The van der Waals surface area contributed by atoms with Crippen molar-refractivity contribution in [3.63, 3.8) is 0 Å². The Balaban J connectivity index is 1.70. The average Bonchev–Trinajstić information content (AvgIpc) is 3.06. The molecule has 0 saturated carbocycles. The fourth-order valence-electron chi connectivity index (χ4n) is 2.02. The zero-order chi connectivity index (χ0) is 17.3. The van der Waals surface area contributed by atoms with Crippen molar-refractivity contribution in [1.29, 1.82) is 0 Å². The Morgan fingerprint density at radius 1 is 1.46 bits per heavy atom. The first kappa shape index (κ1) is 16.4. The van der Waals surface area contributed by atoms with Gasteiger partial charge in [-0.05, 0) is 25.1 Å². The number of carbonyl (C=O) groups is 2. The number of hydrogen-bond donors (Lipinski definition) is 1. The molecule has 9 heteroatoms. The SMILES string of the molecule is C[C@@H](OC(=O)c1c(Cl)nc2sccn12)C(=O)Nc1cccc(F)c1. The first-order chi connectivity index (χ1) is 11.5. The van der Waals surface area contributed by atoms with E-state index in [-0.39, 0.29) is 16.5 Å². The summed E-state index contributed by atoms with van der Waals surface area (Å²) in [6, 6.07) is 5.40. The predicted octanol–water partition coefficient (Wildman–Crippen LogP) is 3.37. The molecule has 24 heavy (non-hydrogen) atoms. The van der Waals surface area contributed by atoms with Crippen molar-refractivity contribution in [3.05, 3.63) is 52.5 Å². The highest BCUT2D eigenvalue weighted by atomic mass is 35.5. The molecule has 3 aromatic rings. The Bertz CT molecular complexity index is 924. The number of amides is 1. The Kier molecular flexibility index (Phi) is 4.50. The van der Waals surface area contributed by atoms with Gasteiger partial charge in [0.2, 0.25) is 0 Å². The van der Waals surface area contributed by atoms with Crippen molar-refractivity contribution in [2.45, 2.75) is 13.0 Å². The standard InChI is InChI=1S/C15H11ClFN3O3S/c1-8(13(21)18-10-4-2-3-9(17)7-10)23-14(22)11-12(16)19-15-20(11)5-6-24-15/h2-8H,1H3,(H,18,21)/t8-/m1/s1. The largest absolute Gasteiger partial charge is 0.448 e. The minimum Gasteiger partial charge on any atom is -0.448 e. The van der Waals surface area contributed by atoms with Crippen molar-refractivity contribution in [2.75, 3.05) is 5.32 Å². The Morgan fingerprint density at radius 2 is 2.25 bits per heavy atom. The normalized spacial score (nSPS) is 12.1. The summed E-state index contributed by atoms with van der Waals surface area (Å²) >= 11 is 7.26. The molecule has 1 amide bonds. The average molecular weight is 368 g/mol. The van der Waals surface area contributed by atoms with Gasteiger partial charge in [-0.2, -0.15) is 0 Å². The van der Waals surface area contributed by atoms with Crippen molar-refractivity contribution >= 4 is 45.5 Å². The molecule has 0 aliphatic heterocycles. The highest BCUT2D eigenvalue weighted by molar-refractivity contribution is 7.15. The number of carbonyl (C=O) groups excluding carboxylic acids is 2. The molecule has 0 aliphatic carbocycles. The Hall–Kier alpha value is -2.45. The number of nitrogens with zero attached hydrogens (tertiary/aromatic N) is 2. The fourth-order valence-corrected chi connectivity index (χ4v) is 3.03. The lowest BCUT2D eigenvalue weighted by atomic mass is 10.3. The van der Waals surface area contributed by atoms with Crippen molar-refractivity contribution in [3.8, 4) is 0 Å². The van der Waals surface area contributed by atoms with E-state index in [4.69, 9.17) is 16.3 Å². The van der Waals surface area contributed by atoms with E-state index in [9.17, 15) is 14.0 Å². The third kappa shape index (κ3) is 3.24. The van der Waals surface area contributed by atoms with Gasteiger partial charge in [-0.3, -0.25) is 9.20 Å². The lowest BCUT2D eigenvalue weighted by Crippen LogP contribution is -2.30. The van der Waals surface area contributed by atoms with Crippen LogP contribution in [0.3, 0.4) is 0 Å². The predicted molar refractivity (Wildman–Crippen MR) is 88.0 cm³/mol. The molecule has 0 aliphatic rings. The minimum absolute atomic E-state index is 0.00425. The lowest BCUT2D eigenvalue weighted by molar-refractivity contribution is -0.123. The summed E-state index contributed by atoms with van der Waals surface area (Å²) in [5.41, 5.74) is 0.323. The van der Waals surface area contributed by atoms with E-state index in [1.807, 2.05) is 0 Å². The van der Waals surface area contributed by atoms with Crippen LogP contribution in [0.5, 0.6) is 0 Å². The maximum absolute atomic E-state index is 13.1. The van der Waals surface area contributed by atoms with Crippen LogP contribution in [0.15, 0.2) is 35.8 Å². The van der Waals surface area contributed by atoms with Crippen molar-refractivity contribution < 1.29 is 18.7 Å². The van der Waals surface area contributed by atoms with Gasteiger partial charge < -0.3 is 10.1 Å². The summed E-state index contributed by atoms with van der Waals surface area (Å²) in [6.07, 6.45) is 0.536. The fraction of sp³-hybridized carbons (Fsp3) is 0.133. The molecule has 0 unspecified atom stereocenters. The van der Waals surface area contributed by atoms with E-state index >= 15 is 0 Å². The summed E-state index contributed by atoms with van der Waals surface area (Å²) in [6.45, 7) is 1.41. The number of hydrogen-bond acceptors (Lipinski definition) is 5. The number of fused-ring (bicyclic) bond motifs is 1. The number of nitrogens with one attached hydrogen (secondary N) is 1. The van der Waals surface area contributed by atoms with Crippen LogP contribution < -0.4 is 5.32 Å². The number of rotatable bonds is 4. The van der Waals surface area contributed by atoms with E-state index < -0.39 is 23.8 Å². The molecule has 0 spiro atoms. The van der Waals surface area contributed by atoms with Crippen molar-refractivity contribution in [2.24, 2.45) is 0 Å². The second-order valence-electron chi connectivity index (χ2n) is 4.85. The molecule has 0 bridgehead atoms. The molecule has 2 heterocycles. The van der Waals surface area contributed by atoms with Gasteiger partial charge in [-0.25, -0.2) is 14.2 Å². The quantitative estimate of drug-likeness (QED) is 0.717. The number of halogens is 2. The third-order valence-corrected chi connectivity index (χ3v) is 4.18. The lowest BCUT2D eigenvalue weighted by Gasteiger charge is -2.13.